The maximum Gasteiger partial charge on any atom is 0.320 e. The van der Waals surface area contributed by atoms with Crippen LogP contribution in [0.25, 0.3) is 0 Å². The zero-order chi connectivity index (χ0) is 11.2. The van der Waals surface area contributed by atoms with Crippen LogP contribution in [0, 0.1) is 0 Å². The number of carboxylic acids is 1. The summed E-state index contributed by atoms with van der Waals surface area (Å²) in [5, 5.41) is 12.2. The molecule has 3 heteroatoms. The van der Waals surface area contributed by atoms with Gasteiger partial charge < -0.3 is 5.11 Å². The molecule has 0 bridgehead atoms. The highest BCUT2D eigenvalue weighted by molar-refractivity contribution is 5.73. The molecule has 0 aromatic rings. The molecule has 0 rings (SSSR count). The van der Waals surface area contributed by atoms with E-state index >= 15 is 0 Å². The van der Waals surface area contributed by atoms with Gasteiger partial charge in [-0.3, -0.25) is 10.1 Å². The second-order valence-corrected chi connectivity index (χ2v) is 4.41. The van der Waals surface area contributed by atoms with Crippen molar-refractivity contribution in [3.63, 3.8) is 0 Å². The molecule has 0 saturated heterocycles. The molecule has 0 radical (unpaired) electrons. The fourth-order valence-corrected chi connectivity index (χ4v) is 1.24. The number of hydrogen-bond acceptors (Lipinski definition) is 2. The van der Waals surface area contributed by atoms with Crippen LogP contribution in [0.5, 0.6) is 0 Å². The van der Waals surface area contributed by atoms with Crippen LogP contribution in [0.3, 0.4) is 0 Å². The van der Waals surface area contributed by atoms with Crippen LogP contribution in [-0.4, -0.2) is 22.7 Å². The van der Waals surface area contributed by atoms with Crippen LogP contribution in [0.4, 0.5) is 0 Å². The topological polar surface area (TPSA) is 49.3 Å². The molecule has 2 N–H and O–H groups in total. The van der Waals surface area contributed by atoms with E-state index in [1.807, 2.05) is 13.8 Å². The molecule has 3 nitrogen and oxygen atoms in total. The summed E-state index contributed by atoms with van der Waals surface area (Å²) in [4.78, 5) is 10.9. The van der Waals surface area contributed by atoms with Gasteiger partial charge in [0, 0.05) is 5.54 Å². The molecule has 0 heterocycles. The highest BCUT2D eigenvalue weighted by atomic mass is 16.4. The molecule has 0 spiro atoms. The predicted molar refractivity (Wildman–Crippen MR) is 58.5 cm³/mol. The number of carbonyl (C=O) groups is 1. The third kappa shape index (κ3) is 5.22. The minimum Gasteiger partial charge on any atom is -0.480 e. The number of aliphatic carboxylic acids is 1. The predicted octanol–water partition coefficient (Wildman–Crippen LogP) is 2.41. The molecule has 0 aliphatic carbocycles. The van der Waals surface area contributed by atoms with E-state index in [0.717, 1.165) is 25.7 Å². The summed E-state index contributed by atoms with van der Waals surface area (Å²) < 4.78 is 0. The second-order valence-electron chi connectivity index (χ2n) is 4.41. The summed E-state index contributed by atoms with van der Waals surface area (Å²) in [6.45, 7) is 8.21. The molecule has 0 aliphatic heterocycles. The van der Waals surface area contributed by atoms with E-state index in [-0.39, 0.29) is 5.54 Å². The van der Waals surface area contributed by atoms with E-state index in [1.165, 1.54) is 0 Å². The lowest BCUT2D eigenvalue weighted by Gasteiger charge is -2.28. The molecule has 14 heavy (non-hydrogen) atoms. The average Bonchev–Trinajstić information content (AvgIpc) is 2.12. The number of rotatable bonds is 7. The van der Waals surface area contributed by atoms with E-state index in [2.05, 4.69) is 19.2 Å². The van der Waals surface area contributed by atoms with Gasteiger partial charge in [0.05, 0.1) is 0 Å². The summed E-state index contributed by atoms with van der Waals surface area (Å²) in [5.74, 6) is -0.736. The van der Waals surface area contributed by atoms with Gasteiger partial charge in [-0.1, -0.05) is 26.7 Å². The fraction of sp³-hybridized carbons (Fsp3) is 0.909. The summed E-state index contributed by atoms with van der Waals surface area (Å²) in [6.07, 6.45) is 3.65. The molecule has 0 saturated carbocycles. The highest BCUT2D eigenvalue weighted by Crippen LogP contribution is 2.11. The lowest BCUT2D eigenvalue weighted by atomic mass is 9.99. The monoisotopic (exact) mass is 201 g/mol. The van der Waals surface area contributed by atoms with Crippen LogP contribution in [0.2, 0.25) is 0 Å². The molecular weight excluding hydrogens is 178 g/mol. The van der Waals surface area contributed by atoms with Gasteiger partial charge in [0.2, 0.25) is 0 Å². The standard InChI is InChI=1S/C11H23NO2/c1-5-7-8-9(10(13)14)12-11(3,4)6-2/h9,12H,5-8H2,1-4H3,(H,13,14). The van der Waals surface area contributed by atoms with Crippen molar-refractivity contribution in [1.29, 1.82) is 0 Å². The van der Waals surface area contributed by atoms with Crippen molar-refractivity contribution in [2.24, 2.45) is 0 Å². The Hall–Kier alpha value is -0.570. The normalized spacial score (nSPS) is 14.0. The number of hydrogen-bond donors (Lipinski definition) is 2. The van der Waals surface area contributed by atoms with E-state index in [1.54, 1.807) is 0 Å². The van der Waals surface area contributed by atoms with Crippen molar-refractivity contribution in [3.05, 3.63) is 0 Å². The van der Waals surface area contributed by atoms with Gasteiger partial charge >= 0.3 is 5.97 Å². The average molecular weight is 201 g/mol. The Morgan fingerprint density at radius 2 is 2.00 bits per heavy atom. The molecule has 84 valence electrons. The largest absolute Gasteiger partial charge is 0.480 e. The minimum atomic E-state index is -0.736. The van der Waals surface area contributed by atoms with Crippen molar-refractivity contribution < 1.29 is 9.90 Å². The summed E-state index contributed by atoms with van der Waals surface area (Å²) in [7, 11) is 0. The van der Waals surface area contributed by atoms with Crippen molar-refractivity contribution in [1.82, 2.24) is 5.32 Å². The van der Waals surface area contributed by atoms with Gasteiger partial charge in [-0.2, -0.15) is 0 Å². The molecule has 1 atom stereocenters. The van der Waals surface area contributed by atoms with Crippen LogP contribution < -0.4 is 5.32 Å². The Morgan fingerprint density at radius 1 is 1.43 bits per heavy atom. The lowest BCUT2D eigenvalue weighted by molar-refractivity contribution is -0.140. The van der Waals surface area contributed by atoms with E-state index in [4.69, 9.17) is 5.11 Å². The van der Waals surface area contributed by atoms with Crippen LogP contribution in [-0.2, 0) is 4.79 Å². The van der Waals surface area contributed by atoms with E-state index in [0.29, 0.717) is 0 Å². The smallest absolute Gasteiger partial charge is 0.320 e. The maximum atomic E-state index is 10.9. The number of unbranched alkanes of at least 4 members (excludes halogenated alkanes) is 1. The van der Waals surface area contributed by atoms with Crippen LogP contribution >= 0.6 is 0 Å². The van der Waals surface area contributed by atoms with Crippen molar-refractivity contribution in [3.8, 4) is 0 Å². The molecular formula is C11H23NO2. The molecule has 0 aromatic carbocycles. The summed E-state index contributed by atoms with van der Waals surface area (Å²) in [6, 6.07) is -0.398. The first kappa shape index (κ1) is 13.4. The zero-order valence-electron chi connectivity index (χ0n) is 9.76. The molecule has 0 aromatic heterocycles. The SMILES string of the molecule is CCCCC(NC(C)(C)CC)C(=O)O. The Bertz CT molecular complexity index is 178. The Kier molecular flexibility index (Phi) is 5.77. The summed E-state index contributed by atoms with van der Waals surface area (Å²) in [5.41, 5.74) is -0.0865. The first-order valence-electron chi connectivity index (χ1n) is 5.43. The Labute approximate surface area is 86.9 Å². The second kappa shape index (κ2) is 6.02. The molecule has 1 unspecified atom stereocenters. The fourth-order valence-electron chi connectivity index (χ4n) is 1.24. The van der Waals surface area contributed by atoms with Gasteiger partial charge in [-0.05, 0) is 26.7 Å². The third-order valence-corrected chi connectivity index (χ3v) is 2.59. The van der Waals surface area contributed by atoms with Gasteiger partial charge in [0.15, 0.2) is 0 Å². The van der Waals surface area contributed by atoms with Crippen LogP contribution in [0.1, 0.15) is 53.4 Å². The van der Waals surface area contributed by atoms with Crippen molar-refractivity contribution in [2.45, 2.75) is 65.0 Å². The van der Waals surface area contributed by atoms with Gasteiger partial charge in [0.1, 0.15) is 6.04 Å². The van der Waals surface area contributed by atoms with Crippen molar-refractivity contribution >= 4 is 5.97 Å². The number of carboxylic acid groups (broad SMARTS) is 1. The number of nitrogens with one attached hydrogen (secondary N) is 1. The third-order valence-electron chi connectivity index (χ3n) is 2.59. The molecule has 0 fully saturated rings. The first-order valence-corrected chi connectivity index (χ1v) is 5.43. The molecule has 0 aliphatic rings. The highest BCUT2D eigenvalue weighted by Gasteiger charge is 2.24. The Morgan fingerprint density at radius 3 is 2.36 bits per heavy atom. The van der Waals surface area contributed by atoms with Crippen LogP contribution in [0.15, 0.2) is 0 Å². The maximum absolute atomic E-state index is 10.9. The first-order chi connectivity index (χ1) is 6.43. The van der Waals surface area contributed by atoms with Gasteiger partial charge in [-0.15, -0.1) is 0 Å². The van der Waals surface area contributed by atoms with Crippen molar-refractivity contribution in [2.75, 3.05) is 0 Å². The van der Waals surface area contributed by atoms with Gasteiger partial charge in [-0.25, -0.2) is 0 Å². The lowest BCUT2D eigenvalue weighted by Crippen LogP contribution is -2.49. The zero-order valence-corrected chi connectivity index (χ0v) is 9.76. The van der Waals surface area contributed by atoms with Gasteiger partial charge in [0.25, 0.3) is 0 Å². The quantitative estimate of drug-likeness (QED) is 0.665. The summed E-state index contributed by atoms with van der Waals surface area (Å²) >= 11 is 0. The molecule has 0 amide bonds. The van der Waals surface area contributed by atoms with E-state index < -0.39 is 12.0 Å². The Balaban J connectivity index is 4.15. The van der Waals surface area contributed by atoms with E-state index in [9.17, 15) is 4.79 Å². The minimum absolute atomic E-state index is 0.0865.